The van der Waals surface area contributed by atoms with Gasteiger partial charge in [0, 0.05) is 27.7 Å². The second-order valence-electron chi connectivity index (χ2n) is 4.80. The molecule has 108 valence electrons. The fourth-order valence-electron chi connectivity index (χ4n) is 1.98. The fourth-order valence-corrected chi connectivity index (χ4v) is 2.62. The molecule has 0 heterocycles. The molecule has 2 aromatic rings. The number of hydrogen-bond donors (Lipinski definition) is 1. The molecule has 2 rings (SSSR count). The molecule has 4 heteroatoms. The van der Waals surface area contributed by atoms with E-state index in [1.165, 1.54) is 0 Å². The Bertz CT molecular complexity index is 653. The van der Waals surface area contributed by atoms with Crippen LogP contribution in [0.1, 0.15) is 28.8 Å². The van der Waals surface area contributed by atoms with Crippen molar-refractivity contribution in [3.05, 3.63) is 63.2 Å². The number of halogens is 1. The SMILES string of the molecule is Cc1cc(I)ccc1NC(=O)CCC(=O)c1ccccc1. The second-order valence-corrected chi connectivity index (χ2v) is 6.04. The minimum absolute atomic E-state index is 0.00918. The molecule has 0 aromatic heterocycles. The highest BCUT2D eigenvalue weighted by molar-refractivity contribution is 14.1. The van der Waals surface area contributed by atoms with Gasteiger partial charge in [-0.25, -0.2) is 0 Å². The molecule has 0 saturated carbocycles. The third kappa shape index (κ3) is 4.67. The lowest BCUT2D eigenvalue weighted by atomic mass is 10.1. The van der Waals surface area contributed by atoms with E-state index in [9.17, 15) is 9.59 Å². The Morgan fingerprint density at radius 3 is 2.43 bits per heavy atom. The van der Waals surface area contributed by atoms with Crippen LogP contribution in [0.15, 0.2) is 48.5 Å². The molecule has 0 aliphatic heterocycles. The molecule has 21 heavy (non-hydrogen) atoms. The third-order valence-electron chi connectivity index (χ3n) is 3.14. The summed E-state index contributed by atoms with van der Waals surface area (Å²) in [4.78, 5) is 23.9. The number of carbonyl (C=O) groups is 2. The number of amides is 1. The van der Waals surface area contributed by atoms with Gasteiger partial charge >= 0.3 is 0 Å². The Labute approximate surface area is 137 Å². The van der Waals surface area contributed by atoms with Crippen molar-refractivity contribution in [3.8, 4) is 0 Å². The number of rotatable bonds is 5. The molecule has 0 spiro atoms. The predicted molar refractivity (Wildman–Crippen MR) is 92.5 cm³/mol. The van der Waals surface area contributed by atoms with Crippen LogP contribution in [0, 0.1) is 10.5 Å². The first-order valence-corrected chi connectivity index (χ1v) is 7.78. The van der Waals surface area contributed by atoms with Crippen molar-refractivity contribution >= 4 is 40.0 Å². The monoisotopic (exact) mass is 393 g/mol. The van der Waals surface area contributed by atoms with Crippen molar-refractivity contribution < 1.29 is 9.59 Å². The van der Waals surface area contributed by atoms with Gasteiger partial charge in [-0.3, -0.25) is 9.59 Å². The molecular formula is C17H16INO2. The summed E-state index contributed by atoms with van der Waals surface area (Å²) in [6, 6.07) is 14.9. The number of hydrogen-bond acceptors (Lipinski definition) is 2. The molecule has 0 aliphatic rings. The lowest BCUT2D eigenvalue weighted by Crippen LogP contribution is -2.14. The molecule has 0 atom stereocenters. The van der Waals surface area contributed by atoms with E-state index in [1.54, 1.807) is 12.1 Å². The van der Waals surface area contributed by atoms with E-state index in [-0.39, 0.29) is 24.5 Å². The van der Waals surface area contributed by atoms with Gasteiger partial charge in [-0.1, -0.05) is 30.3 Å². The highest BCUT2D eigenvalue weighted by Crippen LogP contribution is 2.18. The highest BCUT2D eigenvalue weighted by Gasteiger charge is 2.10. The maximum atomic E-state index is 11.9. The van der Waals surface area contributed by atoms with Gasteiger partial charge in [0.2, 0.25) is 5.91 Å². The maximum Gasteiger partial charge on any atom is 0.224 e. The zero-order valence-corrected chi connectivity index (χ0v) is 13.9. The number of ketones is 1. The van der Waals surface area contributed by atoms with Gasteiger partial charge in [-0.2, -0.15) is 0 Å². The summed E-state index contributed by atoms with van der Waals surface area (Å²) in [5.74, 6) is -0.145. The molecule has 0 fully saturated rings. The normalized spacial score (nSPS) is 10.2. The number of carbonyl (C=O) groups excluding carboxylic acids is 2. The van der Waals surface area contributed by atoms with Crippen LogP contribution in [-0.2, 0) is 4.79 Å². The van der Waals surface area contributed by atoms with Crippen molar-refractivity contribution in [2.45, 2.75) is 19.8 Å². The van der Waals surface area contributed by atoms with Crippen molar-refractivity contribution in [2.24, 2.45) is 0 Å². The van der Waals surface area contributed by atoms with Gasteiger partial charge in [0.15, 0.2) is 5.78 Å². The lowest BCUT2D eigenvalue weighted by molar-refractivity contribution is -0.116. The van der Waals surface area contributed by atoms with Gasteiger partial charge in [0.25, 0.3) is 0 Å². The lowest BCUT2D eigenvalue weighted by Gasteiger charge is -2.08. The van der Waals surface area contributed by atoms with Crippen LogP contribution in [0.5, 0.6) is 0 Å². The molecule has 0 aliphatic carbocycles. The number of aryl methyl sites for hydroxylation is 1. The van der Waals surface area contributed by atoms with Crippen LogP contribution in [0.4, 0.5) is 5.69 Å². The average molecular weight is 393 g/mol. The van der Waals surface area contributed by atoms with Gasteiger partial charge < -0.3 is 5.32 Å². The quantitative estimate of drug-likeness (QED) is 0.612. The summed E-state index contributed by atoms with van der Waals surface area (Å²) in [5, 5.41) is 2.85. The number of Topliss-reactive ketones (excluding diaryl/α,β-unsaturated/α-hetero) is 1. The van der Waals surface area contributed by atoms with Crippen molar-refractivity contribution in [3.63, 3.8) is 0 Å². The van der Waals surface area contributed by atoms with E-state index >= 15 is 0 Å². The van der Waals surface area contributed by atoms with Crippen molar-refractivity contribution in [1.82, 2.24) is 0 Å². The fraction of sp³-hybridized carbons (Fsp3) is 0.176. The molecule has 0 unspecified atom stereocenters. The summed E-state index contributed by atoms with van der Waals surface area (Å²) < 4.78 is 1.13. The number of anilines is 1. The highest BCUT2D eigenvalue weighted by atomic mass is 127. The van der Waals surface area contributed by atoms with E-state index in [4.69, 9.17) is 0 Å². The number of nitrogens with one attached hydrogen (secondary N) is 1. The van der Waals surface area contributed by atoms with Crippen molar-refractivity contribution in [2.75, 3.05) is 5.32 Å². The van der Waals surface area contributed by atoms with E-state index < -0.39 is 0 Å². The standard InChI is InChI=1S/C17H16INO2/c1-12-11-14(18)7-8-15(12)19-17(21)10-9-16(20)13-5-3-2-4-6-13/h2-8,11H,9-10H2,1H3,(H,19,21). The topological polar surface area (TPSA) is 46.2 Å². The van der Waals surface area contributed by atoms with Gasteiger partial charge in [-0.05, 0) is 53.3 Å². The molecule has 0 radical (unpaired) electrons. The van der Waals surface area contributed by atoms with Crippen LogP contribution in [0.25, 0.3) is 0 Å². The molecule has 2 aromatic carbocycles. The first-order valence-electron chi connectivity index (χ1n) is 6.70. The molecule has 1 N–H and O–H groups in total. The van der Waals surface area contributed by atoms with E-state index in [2.05, 4.69) is 27.9 Å². The summed E-state index contributed by atoms with van der Waals surface area (Å²) in [7, 11) is 0. The second kappa shape index (κ2) is 7.36. The smallest absolute Gasteiger partial charge is 0.224 e. The Kier molecular flexibility index (Phi) is 5.50. The third-order valence-corrected chi connectivity index (χ3v) is 3.81. The van der Waals surface area contributed by atoms with Crippen LogP contribution in [0.2, 0.25) is 0 Å². The molecule has 1 amide bonds. The first kappa shape index (κ1) is 15.7. The summed E-state index contributed by atoms with van der Waals surface area (Å²) in [6.45, 7) is 1.95. The maximum absolute atomic E-state index is 11.9. The molecular weight excluding hydrogens is 377 g/mol. The zero-order valence-electron chi connectivity index (χ0n) is 11.7. The summed E-state index contributed by atoms with van der Waals surface area (Å²) >= 11 is 2.23. The Hall–Kier alpha value is -1.69. The van der Waals surface area contributed by atoms with Crippen molar-refractivity contribution in [1.29, 1.82) is 0 Å². The Morgan fingerprint density at radius 1 is 1.05 bits per heavy atom. The number of benzene rings is 2. The van der Waals surface area contributed by atoms with Gasteiger partial charge in [-0.15, -0.1) is 0 Å². The minimum atomic E-state index is -0.136. The van der Waals surface area contributed by atoms with Crippen LogP contribution >= 0.6 is 22.6 Å². The van der Waals surface area contributed by atoms with Crippen LogP contribution < -0.4 is 5.32 Å². The zero-order chi connectivity index (χ0) is 15.2. The first-order chi connectivity index (χ1) is 10.1. The largest absolute Gasteiger partial charge is 0.326 e. The van der Waals surface area contributed by atoms with Gasteiger partial charge in [0.1, 0.15) is 0 Å². The predicted octanol–water partition coefficient (Wildman–Crippen LogP) is 4.20. The average Bonchev–Trinajstić information content (AvgIpc) is 2.48. The summed E-state index contributed by atoms with van der Waals surface area (Å²) in [6.07, 6.45) is 0.415. The Morgan fingerprint density at radius 2 is 1.76 bits per heavy atom. The molecule has 0 saturated heterocycles. The van der Waals surface area contributed by atoms with Gasteiger partial charge in [0.05, 0.1) is 0 Å². The van der Waals surface area contributed by atoms with Crippen LogP contribution in [0.3, 0.4) is 0 Å². The van der Waals surface area contributed by atoms with E-state index in [0.717, 1.165) is 14.8 Å². The minimum Gasteiger partial charge on any atom is -0.326 e. The van der Waals surface area contributed by atoms with E-state index in [1.807, 2.05) is 43.3 Å². The molecule has 0 bridgehead atoms. The molecule has 3 nitrogen and oxygen atoms in total. The van der Waals surface area contributed by atoms with Crippen LogP contribution in [-0.4, -0.2) is 11.7 Å². The van der Waals surface area contributed by atoms with E-state index in [0.29, 0.717) is 5.56 Å². The Balaban J connectivity index is 1.89. The summed E-state index contributed by atoms with van der Waals surface area (Å²) in [5.41, 5.74) is 2.47.